The van der Waals surface area contributed by atoms with Crippen molar-refractivity contribution in [1.29, 1.82) is 0 Å². The number of piperazine rings is 1. The summed E-state index contributed by atoms with van der Waals surface area (Å²) in [6, 6.07) is 14.9. The fraction of sp³-hybridized carbons (Fsp3) is 0.400. The average molecular weight is 339 g/mol. The zero-order valence-electron chi connectivity index (χ0n) is 14.5. The molecule has 2 aliphatic rings. The van der Waals surface area contributed by atoms with Gasteiger partial charge in [-0.2, -0.15) is 0 Å². The van der Waals surface area contributed by atoms with Gasteiger partial charge in [0.2, 0.25) is 6.79 Å². The summed E-state index contributed by atoms with van der Waals surface area (Å²) in [5, 5.41) is 0. The summed E-state index contributed by atoms with van der Waals surface area (Å²) in [6.07, 6.45) is 0. The molecule has 0 atom stereocenters. The predicted octanol–water partition coefficient (Wildman–Crippen LogP) is 2.19. The molecule has 0 saturated carbocycles. The van der Waals surface area contributed by atoms with E-state index >= 15 is 0 Å². The molecule has 4 rings (SSSR count). The molecule has 2 aromatic rings. The van der Waals surface area contributed by atoms with Crippen molar-refractivity contribution in [3.05, 3.63) is 59.2 Å². The lowest BCUT2D eigenvalue weighted by Gasteiger charge is -2.34. The Balaban J connectivity index is 1.28. The van der Waals surface area contributed by atoms with Gasteiger partial charge in [0.15, 0.2) is 11.5 Å². The molecule has 0 bridgehead atoms. The molecule has 0 aromatic heterocycles. The minimum atomic E-state index is 0.337. The van der Waals surface area contributed by atoms with Crippen molar-refractivity contribution >= 4 is 0 Å². The zero-order valence-corrected chi connectivity index (χ0v) is 14.5. The Morgan fingerprint density at radius 2 is 1.28 bits per heavy atom. The van der Waals surface area contributed by atoms with Crippen LogP contribution in [0.4, 0.5) is 0 Å². The molecule has 0 radical (unpaired) electrons. The maximum Gasteiger partial charge on any atom is 0.231 e. The van der Waals surface area contributed by atoms with E-state index in [1.165, 1.54) is 16.7 Å². The lowest BCUT2D eigenvalue weighted by molar-refractivity contribution is 0.122. The minimum absolute atomic E-state index is 0.337. The van der Waals surface area contributed by atoms with Crippen LogP contribution < -0.4 is 15.2 Å². The Kier molecular flexibility index (Phi) is 4.88. The molecule has 2 heterocycles. The van der Waals surface area contributed by atoms with Crippen molar-refractivity contribution in [3.8, 4) is 11.5 Å². The van der Waals surface area contributed by atoms with Gasteiger partial charge in [0.05, 0.1) is 0 Å². The van der Waals surface area contributed by atoms with E-state index in [4.69, 9.17) is 15.2 Å². The van der Waals surface area contributed by atoms with Gasteiger partial charge in [-0.3, -0.25) is 9.80 Å². The van der Waals surface area contributed by atoms with Gasteiger partial charge in [-0.25, -0.2) is 0 Å². The molecular formula is C20H25N3O2. The first-order valence-electron chi connectivity index (χ1n) is 8.91. The normalized spacial score (nSPS) is 17.8. The fourth-order valence-electron chi connectivity index (χ4n) is 3.44. The molecule has 1 fully saturated rings. The van der Waals surface area contributed by atoms with Gasteiger partial charge >= 0.3 is 0 Å². The van der Waals surface area contributed by atoms with Crippen LogP contribution in [0.15, 0.2) is 42.5 Å². The molecule has 5 nitrogen and oxygen atoms in total. The number of nitrogens with two attached hydrogens (primary N) is 1. The minimum Gasteiger partial charge on any atom is -0.454 e. The third-order valence-corrected chi connectivity index (χ3v) is 4.97. The standard InChI is InChI=1S/C20H25N3O2/c21-12-16-1-3-17(4-2-16)13-22-7-9-23(10-8-22)14-18-5-6-19-20(11-18)25-15-24-19/h1-6,11H,7-10,12-15,21H2. The van der Waals surface area contributed by atoms with Gasteiger partial charge in [0.25, 0.3) is 0 Å². The van der Waals surface area contributed by atoms with Crippen molar-refractivity contribution in [1.82, 2.24) is 9.80 Å². The Labute approximate surface area is 148 Å². The Morgan fingerprint density at radius 1 is 0.720 bits per heavy atom. The average Bonchev–Trinajstić information content (AvgIpc) is 3.12. The smallest absolute Gasteiger partial charge is 0.231 e. The summed E-state index contributed by atoms with van der Waals surface area (Å²) in [7, 11) is 0. The van der Waals surface area contributed by atoms with Crippen LogP contribution in [0.25, 0.3) is 0 Å². The van der Waals surface area contributed by atoms with Crippen LogP contribution in [-0.4, -0.2) is 42.8 Å². The van der Waals surface area contributed by atoms with Crippen molar-refractivity contribution in [2.45, 2.75) is 19.6 Å². The van der Waals surface area contributed by atoms with Crippen molar-refractivity contribution in [2.24, 2.45) is 5.73 Å². The maximum absolute atomic E-state index is 5.66. The molecule has 25 heavy (non-hydrogen) atoms. The van der Waals surface area contributed by atoms with E-state index in [9.17, 15) is 0 Å². The molecule has 0 amide bonds. The summed E-state index contributed by atoms with van der Waals surface area (Å²) >= 11 is 0. The van der Waals surface area contributed by atoms with Crippen LogP contribution in [0.5, 0.6) is 11.5 Å². The van der Waals surface area contributed by atoms with Crippen molar-refractivity contribution in [2.75, 3.05) is 33.0 Å². The molecule has 2 N–H and O–H groups in total. The largest absolute Gasteiger partial charge is 0.454 e. The number of hydrogen-bond donors (Lipinski definition) is 1. The first kappa shape index (κ1) is 16.4. The number of rotatable bonds is 5. The lowest BCUT2D eigenvalue weighted by atomic mass is 10.1. The molecule has 2 aromatic carbocycles. The van der Waals surface area contributed by atoms with Gasteiger partial charge in [-0.1, -0.05) is 30.3 Å². The van der Waals surface area contributed by atoms with Gasteiger partial charge in [-0.05, 0) is 28.8 Å². The highest BCUT2D eigenvalue weighted by molar-refractivity contribution is 5.44. The maximum atomic E-state index is 5.66. The summed E-state index contributed by atoms with van der Waals surface area (Å²) in [6.45, 7) is 7.32. The van der Waals surface area contributed by atoms with Crippen LogP contribution >= 0.6 is 0 Å². The summed E-state index contributed by atoms with van der Waals surface area (Å²) in [4.78, 5) is 5.03. The molecule has 0 aliphatic carbocycles. The van der Waals surface area contributed by atoms with E-state index in [1.807, 2.05) is 6.07 Å². The predicted molar refractivity (Wildman–Crippen MR) is 97.5 cm³/mol. The topological polar surface area (TPSA) is 51.0 Å². The second-order valence-electron chi connectivity index (χ2n) is 6.76. The monoisotopic (exact) mass is 339 g/mol. The van der Waals surface area contributed by atoms with Gasteiger partial charge in [0.1, 0.15) is 0 Å². The fourth-order valence-corrected chi connectivity index (χ4v) is 3.44. The van der Waals surface area contributed by atoms with Gasteiger partial charge in [-0.15, -0.1) is 0 Å². The first-order chi connectivity index (χ1) is 12.3. The van der Waals surface area contributed by atoms with Crippen LogP contribution in [0.2, 0.25) is 0 Å². The second kappa shape index (κ2) is 7.44. The molecule has 0 spiro atoms. The summed E-state index contributed by atoms with van der Waals surface area (Å²) in [5.41, 5.74) is 9.50. The Bertz CT molecular complexity index is 709. The van der Waals surface area contributed by atoms with E-state index in [0.717, 1.165) is 50.8 Å². The third-order valence-electron chi connectivity index (χ3n) is 4.97. The second-order valence-corrected chi connectivity index (χ2v) is 6.76. The molecule has 132 valence electrons. The van der Waals surface area contributed by atoms with Crippen molar-refractivity contribution < 1.29 is 9.47 Å². The van der Waals surface area contributed by atoms with E-state index in [0.29, 0.717) is 13.3 Å². The van der Waals surface area contributed by atoms with E-state index in [-0.39, 0.29) is 0 Å². The first-order valence-corrected chi connectivity index (χ1v) is 8.91. The summed E-state index contributed by atoms with van der Waals surface area (Å²) in [5.74, 6) is 1.73. The molecular weight excluding hydrogens is 314 g/mol. The van der Waals surface area contributed by atoms with Crippen LogP contribution in [0.1, 0.15) is 16.7 Å². The van der Waals surface area contributed by atoms with Gasteiger partial charge < -0.3 is 15.2 Å². The molecule has 1 saturated heterocycles. The van der Waals surface area contributed by atoms with Crippen LogP contribution in [0, 0.1) is 0 Å². The van der Waals surface area contributed by atoms with E-state index in [1.54, 1.807) is 0 Å². The Morgan fingerprint density at radius 3 is 1.96 bits per heavy atom. The number of ether oxygens (including phenoxy) is 2. The van der Waals surface area contributed by atoms with Crippen LogP contribution in [-0.2, 0) is 19.6 Å². The zero-order chi connectivity index (χ0) is 17.1. The number of benzene rings is 2. The van der Waals surface area contributed by atoms with Crippen molar-refractivity contribution in [3.63, 3.8) is 0 Å². The highest BCUT2D eigenvalue weighted by Crippen LogP contribution is 2.32. The number of hydrogen-bond acceptors (Lipinski definition) is 5. The number of fused-ring (bicyclic) bond motifs is 1. The summed E-state index contributed by atoms with van der Waals surface area (Å²) < 4.78 is 10.9. The molecule has 2 aliphatic heterocycles. The van der Waals surface area contributed by atoms with Crippen LogP contribution in [0.3, 0.4) is 0 Å². The SMILES string of the molecule is NCc1ccc(CN2CCN(Cc3ccc4c(c3)OCO4)CC2)cc1. The van der Waals surface area contributed by atoms with Gasteiger partial charge in [0, 0.05) is 45.8 Å². The van der Waals surface area contributed by atoms with E-state index < -0.39 is 0 Å². The quantitative estimate of drug-likeness (QED) is 0.905. The van der Waals surface area contributed by atoms with E-state index in [2.05, 4.69) is 46.2 Å². The third kappa shape index (κ3) is 3.95. The Hall–Kier alpha value is -2.08. The molecule has 0 unspecified atom stereocenters. The highest BCUT2D eigenvalue weighted by atomic mass is 16.7. The number of nitrogens with zero attached hydrogens (tertiary/aromatic N) is 2. The highest BCUT2D eigenvalue weighted by Gasteiger charge is 2.19. The lowest BCUT2D eigenvalue weighted by Crippen LogP contribution is -2.45. The molecule has 5 heteroatoms.